The van der Waals surface area contributed by atoms with Crippen molar-refractivity contribution in [3.63, 3.8) is 0 Å². The molecule has 0 spiro atoms. The summed E-state index contributed by atoms with van der Waals surface area (Å²) in [6.45, 7) is 9.12. The van der Waals surface area contributed by atoms with E-state index in [9.17, 15) is 13.6 Å². The van der Waals surface area contributed by atoms with E-state index in [1.807, 2.05) is 20.8 Å². The van der Waals surface area contributed by atoms with Crippen LogP contribution < -0.4 is 5.32 Å². The maximum atomic E-state index is 13.0. The quantitative estimate of drug-likeness (QED) is 0.493. The minimum atomic E-state index is -2.78. The first-order valence-electron chi connectivity index (χ1n) is 11.1. The number of nitrogens with one attached hydrogen (secondary N) is 1. The molecule has 0 saturated heterocycles. The van der Waals surface area contributed by atoms with Gasteiger partial charge in [0.2, 0.25) is 11.8 Å². The number of aliphatic imine (C=N–C) groups is 1. The smallest absolute Gasteiger partial charge is 0.283 e. The van der Waals surface area contributed by atoms with Crippen molar-refractivity contribution in [2.45, 2.75) is 71.4 Å². The number of ether oxygens (including phenoxy) is 1. The number of hydrogen-bond donors (Lipinski definition) is 1. The summed E-state index contributed by atoms with van der Waals surface area (Å²) in [7, 11) is 0. The molecule has 2 aromatic rings. The highest BCUT2D eigenvalue weighted by molar-refractivity contribution is 5.76. The van der Waals surface area contributed by atoms with Crippen molar-refractivity contribution in [1.29, 1.82) is 0 Å². The van der Waals surface area contributed by atoms with E-state index in [-0.39, 0.29) is 23.8 Å². The lowest BCUT2D eigenvalue weighted by Crippen LogP contribution is -2.37. The summed E-state index contributed by atoms with van der Waals surface area (Å²) in [5, 5.41) is 3.08. The molecular weight excluding hydrogens is 428 g/mol. The van der Waals surface area contributed by atoms with Gasteiger partial charge in [-0.25, -0.2) is 13.8 Å². The number of amides is 1. The maximum Gasteiger partial charge on any atom is 0.283 e. The van der Waals surface area contributed by atoms with Crippen molar-refractivity contribution in [2.75, 3.05) is 0 Å². The summed E-state index contributed by atoms with van der Waals surface area (Å²) in [6, 6.07) is 5.90. The summed E-state index contributed by atoms with van der Waals surface area (Å²) in [5.74, 6) is 0.969. The molecule has 1 amide bonds. The van der Waals surface area contributed by atoms with Crippen LogP contribution in [0.15, 0.2) is 39.6 Å². The zero-order valence-corrected chi connectivity index (χ0v) is 19.2. The highest BCUT2D eigenvalue weighted by Crippen LogP contribution is 2.43. The molecule has 0 unspecified atom stereocenters. The van der Waals surface area contributed by atoms with Gasteiger partial charge in [-0.3, -0.25) is 9.79 Å². The second-order valence-corrected chi connectivity index (χ2v) is 9.67. The predicted molar refractivity (Wildman–Crippen MR) is 120 cm³/mol. The molecule has 0 radical (unpaired) electrons. The number of aromatic nitrogens is 1. The third kappa shape index (κ3) is 4.84. The fourth-order valence-corrected chi connectivity index (χ4v) is 4.46. The van der Waals surface area contributed by atoms with Crippen LogP contribution in [0.4, 0.5) is 8.78 Å². The van der Waals surface area contributed by atoms with Crippen LogP contribution in [0, 0.1) is 5.41 Å². The molecule has 1 aliphatic heterocycles. The molecule has 2 atom stereocenters. The van der Waals surface area contributed by atoms with Crippen LogP contribution in [0.5, 0.6) is 0 Å². The van der Waals surface area contributed by atoms with Gasteiger partial charge in [0.15, 0.2) is 0 Å². The van der Waals surface area contributed by atoms with Crippen LogP contribution in [-0.4, -0.2) is 24.0 Å². The van der Waals surface area contributed by atoms with E-state index in [4.69, 9.17) is 14.1 Å². The van der Waals surface area contributed by atoms with E-state index in [1.54, 1.807) is 0 Å². The van der Waals surface area contributed by atoms with Gasteiger partial charge in [-0.05, 0) is 48.1 Å². The number of hydrogen-bond acceptors (Lipinski definition) is 5. The summed E-state index contributed by atoms with van der Waals surface area (Å²) in [6.07, 6.45) is 0.923. The fourth-order valence-electron chi connectivity index (χ4n) is 4.46. The first kappa shape index (κ1) is 23.1. The van der Waals surface area contributed by atoms with Crippen LogP contribution in [0.25, 0.3) is 0 Å². The number of nitrogens with zero attached hydrogens (tertiary/aromatic N) is 2. The monoisotopic (exact) mass is 457 g/mol. The van der Waals surface area contributed by atoms with Crippen LogP contribution in [0.2, 0.25) is 0 Å². The van der Waals surface area contributed by atoms with Crippen molar-refractivity contribution in [3.8, 4) is 0 Å². The summed E-state index contributed by atoms with van der Waals surface area (Å²) in [5.41, 5.74) is 3.15. The molecular formula is C25H29F2N3O3. The molecule has 0 saturated carbocycles. The number of allylic oxidation sites excluding steroid dienone is 1. The average molecular weight is 458 g/mol. The van der Waals surface area contributed by atoms with Gasteiger partial charge in [-0.15, -0.1) is 0 Å². The van der Waals surface area contributed by atoms with E-state index in [0.717, 1.165) is 24.7 Å². The minimum Gasteiger partial charge on any atom is -0.493 e. The molecule has 176 valence electrons. The van der Waals surface area contributed by atoms with Gasteiger partial charge < -0.3 is 14.5 Å². The third-order valence-corrected chi connectivity index (χ3v) is 6.24. The number of alkyl halides is 2. The molecule has 4 bridgehead atoms. The Balaban J connectivity index is 1.78. The van der Waals surface area contributed by atoms with E-state index in [1.165, 1.54) is 11.1 Å². The van der Waals surface area contributed by atoms with Crippen molar-refractivity contribution in [1.82, 2.24) is 10.3 Å². The summed E-state index contributed by atoms with van der Waals surface area (Å²) < 4.78 is 37.7. The molecule has 1 N–H and O–H groups in total. The Bertz CT molecular complexity index is 1090. The first-order valence-corrected chi connectivity index (χ1v) is 11.1. The SMILES string of the molecule is C=N/C(=C\OCc1nc2oc1[C@H]1CCc3ccc(cc31)CCC(=O)N[C@H]2C(C)(C)C)C(F)F. The molecule has 4 rings (SSSR count). The molecule has 2 aliphatic rings. The Morgan fingerprint density at radius 2 is 2.15 bits per heavy atom. The first-order chi connectivity index (χ1) is 15.7. The molecule has 0 fully saturated rings. The molecule has 6 nitrogen and oxygen atoms in total. The van der Waals surface area contributed by atoms with Crippen LogP contribution in [0.1, 0.15) is 79.6 Å². The molecule has 8 heteroatoms. The third-order valence-electron chi connectivity index (χ3n) is 6.24. The zero-order valence-electron chi connectivity index (χ0n) is 19.2. The van der Waals surface area contributed by atoms with Crippen molar-refractivity contribution in [2.24, 2.45) is 10.4 Å². The highest BCUT2D eigenvalue weighted by atomic mass is 19.3. The maximum absolute atomic E-state index is 13.0. The minimum absolute atomic E-state index is 0.00776. The van der Waals surface area contributed by atoms with Gasteiger partial charge >= 0.3 is 0 Å². The number of carbonyl (C=O) groups excluding carboxylic acids is 1. The Morgan fingerprint density at radius 1 is 1.36 bits per heavy atom. The van der Waals surface area contributed by atoms with Crippen LogP contribution in [0.3, 0.4) is 0 Å². The van der Waals surface area contributed by atoms with E-state index in [2.05, 4.69) is 35.2 Å². The van der Waals surface area contributed by atoms with Gasteiger partial charge in [-0.1, -0.05) is 39.0 Å². The molecule has 33 heavy (non-hydrogen) atoms. The number of rotatable bonds is 5. The Labute approximate surface area is 192 Å². The lowest BCUT2D eigenvalue weighted by atomic mass is 9.86. The average Bonchev–Trinajstić information content (AvgIpc) is 3.35. The number of aryl methyl sites for hydroxylation is 2. The zero-order chi connectivity index (χ0) is 23.8. The normalized spacial score (nSPS) is 20.8. The molecule has 1 aromatic carbocycles. The lowest BCUT2D eigenvalue weighted by molar-refractivity contribution is -0.122. The van der Waals surface area contributed by atoms with Gasteiger partial charge in [0.1, 0.15) is 36.1 Å². The van der Waals surface area contributed by atoms with Crippen molar-refractivity contribution < 1.29 is 22.7 Å². The predicted octanol–water partition coefficient (Wildman–Crippen LogP) is 5.23. The van der Waals surface area contributed by atoms with Crippen molar-refractivity contribution >= 4 is 12.6 Å². The number of benzene rings is 1. The number of oxazole rings is 1. The summed E-state index contributed by atoms with van der Waals surface area (Å²) in [4.78, 5) is 20.7. The van der Waals surface area contributed by atoms with E-state index >= 15 is 0 Å². The van der Waals surface area contributed by atoms with Gasteiger partial charge in [0.05, 0.1) is 0 Å². The van der Waals surface area contributed by atoms with Gasteiger partial charge in [0, 0.05) is 12.3 Å². The Morgan fingerprint density at radius 3 is 2.85 bits per heavy atom. The summed E-state index contributed by atoms with van der Waals surface area (Å²) >= 11 is 0. The topological polar surface area (TPSA) is 76.7 Å². The standard InChI is InChI=1S/C25H29F2N3O3/c1-25(2,3)22-24-29-18(12-32-13-19(28-4)23(26)27)21(33-24)16-9-8-15-7-5-14(11-17(15)16)6-10-20(31)30-22/h5,7,11,13,16,22-23H,4,6,8-10,12H2,1-3H3,(H,30,31)/b19-13-/t16-,22+/m0/s1. The van der Waals surface area contributed by atoms with E-state index in [0.29, 0.717) is 30.2 Å². The molecule has 1 aromatic heterocycles. The largest absolute Gasteiger partial charge is 0.493 e. The number of carbonyl (C=O) groups is 1. The Kier molecular flexibility index (Phi) is 6.36. The van der Waals surface area contributed by atoms with Crippen LogP contribution >= 0.6 is 0 Å². The molecule has 1 aliphatic carbocycles. The second-order valence-electron chi connectivity index (χ2n) is 9.67. The molecule has 2 heterocycles. The van der Waals surface area contributed by atoms with Crippen LogP contribution in [-0.2, 0) is 29.0 Å². The lowest BCUT2D eigenvalue weighted by Gasteiger charge is -2.29. The van der Waals surface area contributed by atoms with Crippen molar-refractivity contribution in [3.05, 3.63) is 64.2 Å². The number of halogens is 2. The van der Waals surface area contributed by atoms with E-state index < -0.39 is 18.2 Å². The van der Waals surface area contributed by atoms with Gasteiger partial charge in [-0.2, -0.15) is 0 Å². The fraction of sp³-hybridized carbons (Fsp3) is 0.480. The Hall–Kier alpha value is -3.03. The second kappa shape index (κ2) is 9.08. The highest BCUT2D eigenvalue weighted by Gasteiger charge is 2.36. The van der Waals surface area contributed by atoms with Gasteiger partial charge in [0.25, 0.3) is 6.43 Å². The number of fused-ring (bicyclic) bond motifs is 4.